The first-order valence-corrected chi connectivity index (χ1v) is 5.55. The van der Waals surface area contributed by atoms with Crippen molar-refractivity contribution in [3.63, 3.8) is 0 Å². The molecule has 1 amide bonds. The van der Waals surface area contributed by atoms with E-state index in [4.69, 9.17) is 4.74 Å². The van der Waals surface area contributed by atoms with E-state index in [0.717, 1.165) is 12.8 Å². The van der Waals surface area contributed by atoms with Crippen molar-refractivity contribution in [2.24, 2.45) is 10.8 Å². The predicted molar refractivity (Wildman–Crippen MR) is 62.9 cm³/mol. The van der Waals surface area contributed by atoms with Gasteiger partial charge in [-0.1, -0.05) is 34.6 Å². The molecule has 0 aromatic heterocycles. The Morgan fingerprint density at radius 2 is 1.73 bits per heavy atom. The molecule has 0 heterocycles. The molecular formula is C12H25NO2. The van der Waals surface area contributed by atoms with Crippen molar-refractivity contribution in [2.75, 3.05) is 13.7 Å². The highest BCUT2D eigenvalue weighted by Gasteiger charge is 2.31. The fourth-order valence-electron chi connectivity index (χ4n) is 1.13. The lowest BCUT2D eigenvalue weighted by molar-refractivity contribution is 0.0976. The normalized spacial score (nSPS) is 12.4. The zero-order chi connectivity index (χ0) is 12.1. The molecule has 0 bridgehead atoms. The Morgan fingerprint density at radius 3 is 2.13 bits per heavy atom. The van der Waals surface area contributed by atoms with Crippen LogP contribution in [0.5, 0.6) is 0 Å². The first-order chi connectivity index (χ1) is 6.70. The SMILES string of the molecule is CNC(=O)OCCCC(C)(C)C(C)(C)C. The van der Waals surface area contributed by atoms with Crippen LogP contribution < -0.4 is 5.32 Å². The molecule has 0 atom stereocenters. The molecule has 0 aliphatic heterocycles. The summed E-state index contributed by atoms with van der Waals surface area (Å²) in [5, 5.41) is 2.43. The lowest BCUT2D eigenvalue weighted by Crippen LogP contribution is -2.30. The van der Waals surface area contributed by atoms with Gasteiger partial charge in [-0.3, -0.25) is 0 Å². The van der Waals surface area contributed by atoms with Crippen LogP contribution in [0, 0.1) is 10.8 Å². The van der Waals surface area contributed by atoms with Crippen LogP contribution in [-0.2, 0) is 4.74 Å². The standard InChI is InChI=1S/C12H25NO2/c1-11(2,3)12(4,5)8-7-9-15-10(14)13-6/h7-9H2,1-6H3,(H,13,14). The van der Waals surface area contributed by atoms with E-state index < -0.39 is 0 Å². The molecule has 3 heteroatoms. The van der Waals surface area contributed by atoms with Crippen LogP contribution in [0.2, 0.25) is 0 Å². The quantitative estimate of drug-likeness (QED) is 0.731. The maximum absolute atomic E-state index is 10.8. The van der Waals surface area contributed by atoms with E-state index >= 15 is 0 Å². The lowest BCUT2D eigenvalue weighted by Gasteiger charge is -2.39. The van der Waals surface area contributed by atoms with Gasteiger partial charge in [0.1, 0.15) is 0 Å². The number of hydrogen-bond acceptors (Lipinski definition) is 2. The van der Waals surface area contributed by atoms with E-state index in [1.807, 2.05) is 0 Å². The molecule has 0 saturated heterocycles. The van der Waals surface area contributed by atoms with Crippen LogP contribution in [-0.4, -0.2) is 19.7 Å². The van der Waals surface area contributed by atoms with Crippen LogP contribution in [0.4, 0.5) is 4.79 Å². The first-order valence-electron chi connectivity index (χ1n) is 5.55. The predicted octanol–water partition coefficient (Wildman–Crippen LogP) is 3.19. The van der Waals surface area contributed by atoms with E-state index in [1.165, 1.54) is 0 Å². The lowest BCUT2D eigenvalue weighted by atomic mass is 9.67. The van der Waals surface area contributed by atoms with E-state index in [1.54, 1.807) is 7.05 Å². The summed E-state index contributed by atoms with van der Waals surface area (Å²) in [7, 11) is 1.57. The van der Waals surface area contributed by atoms with Gasteiger partial charge in [0.05, 0.1) is 6.61 Å². The van der Waals surface area contributed by atoms with Gasteiger partial charge >= 0.3 is 6.09 Å². The van der Waals surface area contributed by atoms with Gasteiger partial charge in [-0.2, -0.15) is 0 Å². The van der Waals surface area contributed by atoms with Crippen molar-refractivity contribution < 1.29 is 9.53 Å². The average Bonchev–Trinajstić information content (AvgIpc) is 2.10. The molecule has 0 fully saturated rings. The van der Waals surface area contributed by atoms with Gasteiger partial charge in [-0.15, -0.1) is 0 Å². The van der Waals surface area contributed by atoms with Gasteiger partial charge in [0, 0.05) is 7.05 Å². The Labute approximate surface area is 93.6 Å². The maximum Gasteiger partial charge on any atom is 0.406 e. The highest BCUT2D eigenvalue weighted by molar-refractivity contribution is 5.66. The van der Waals surface area contributed by atoms with Crippen LogP contribution in [0.15, 0.2) is 0 Å². The summed E-state index contributed by atoms with van der Waals surface area (Å²) in [6.45, 7) is 11.7. The Morgan fingerprint density at radius 1 is 1.20 bits per heavy atom. The van der Waals surface area contributed by atoms with Crippen LogP contribution in [0.1, 0.15) is 47.5 Å². The van der Waals surface area contributed by atoms with E-state index in [2.05, 4.69) is 39.9 Å². The molecule has 1 N–H and O–H groups in total. The second-order valence-electron chi connectivity index (χ2n) is 5.62. The van der Waals surface area contributed by atoms with Gasteiger partial charge in [-0.25, -0.2) is 4.79 Å². The summed E-state index contributed by atoms with van der Waals surface area (Å²) in [6, 6.07) is 0. The van der Waals surface area contributed by atoms with Crippen LogP contribution in [0.3, 0.4) is 0 Å². The third-order valence-electron chi connectivity index (χ3n) is 3.41. The average molecular weight is 215 g/mol. The fourth-order valence-corrected chi connectivity index (χ4v) is 1.13. The monoisotopic (exact) mass is 215 g/mol. The van der Waals surface area contributed by atoms with Gasteiger partial charge < -0.3 is 10.1 Å². The van der Waals surface area contributed by atoms with Gasteiger partial charge in [0.15, 0.2) is 0 Å². The highest BCUT2D eigenvalue weighted by atomic mass is 16.5. The zero-order valence-electron chi connectivity index (χ0n) is 10.9. The zero-order valence-corrected chi connectivity index (χ0v) is 10.9. The Hall–Kier alpha value is -0.730. The van der Waals surface area contributed by atoms with Crippen molar-refractivity contribution in [1.29, 1.82) is 0 Å². The minimum absolute atomic E-state index is 0.263. The maximum atomic E-state index is 10.8. The number of carbonyl (C=O) groups is 1. The summed E-state index contributed by atoms with van der Waals surface area (Å²) in [4.78, 5) is 10.8. The summed E-state index contributed by atoms with van der Waals surface area (Å²) in [6.07, 6.45) is 1.63. The number of hydrogen-bond donors (Lipinski definition) is 1. The Balaban J connectivity index is 3.82. The molecule has 0 aliphatic rings. The summed E-state index contributed by atoms with van der Waals surface area (Å²) in [5.41, 5.74) is 0.541. The van der Waals surface area contributed by atoms with E-state index in [0.29, 0.717) is 6.61 Å². The van der Waals surface area contributed by atoms with Gasteiger partial charge in [0.2, 0.25) is 0 Å². The Kier molecular flexibility index (Phi) is 5.12. The number of nitrogens with one attached hydrogen (secondary N) is 1. The molecule has 0 aliphatic carbocycles. The number of amides is 1. The molecule has 0 unspecified atom stereocenters. The van der Waals surface area contributed by atoms with E-state index in [9.17, 15) is 4.79 Å². The molecule has 15 heavy (non-hydrogen) atoms. The minimum atomic E-state index is -0.344. The fraction of sp³-hybridized carbons (Fsp3) is 0.917. The second kappa shape index (κ2) is 5.38. The molecule has 0 aromatic rings. The largest absolute Gasteiger partial charge is 0.450 e. The van der Waals surface area contributed by atoms with Gasteiger partial charge in [0.25, 0.3) is 0 Å². The molecule has 0 rings (SSSR count). The summed E-state index contributed by atoms with van der Waals surface area (Å²) in [5.74, 6) is 0. The molecule has 0 spiro atoms. The topological polar surface area (TPSA) is 38.3 Å². The first kappa shape index (κ1) is 14.3. The summed E-state index contributed by atoms with van der Waals surface area (Å²) >= 11 is 0. The number of alkyl carbamates (subject to hydrolysis) is 1. The molecule has 0 saturated carbocycles. The smallest absolute Gasteiger partial charge is 0.406 e. The second-order valence-corrected chi connectivity index (χ2v) is 5.62. The minimum Gasteiger partial charge on any atom is -0.450 e. The third-order valence-corrected chi connectivity index (χ3v) is 3.41. The summed E-state index contributed by atoms with van der Waals surface area (Å²) < 4.78 is 4.95. The van der Waals surface area contributed by atoms with Crippen molar-refractivity contribution in [2.45, 2.75) is 47.5 Å². The van der Waals surface area contributed by atoms with Crippen molar-refractivity contribution >= 4 is 6.09 Å². The molecule has 90 valence electrons. The van der Waals surface area contributed by atoms with Gasteiger partial charge in [-0.05, 0) is 23.7 Å². The van der Waals surface area contributed by atoms with Crippen LogP contribution >= 0.6 is 0 Å². The number of rotatable bonds is 4. The third kappa shape index (κ3) is 5.05. The number of carbonyl (C=O) groups excluding carboxylic acids is 1. The van der Waals surface area contributed by atoms with Crippen molar-refractivity contribution in [1.82, 2.24) is 5.32 Å². The highest BCUT2D eigenvalue weighted by Crippen LogP contribution is 2.41. The van der Waals surface area contributed by atoms with Crippen LogP contribution in [0.25, 0.3) is 0 Å². The molecular weight excluding hydrogens is 190 g/mol. The van der Waals surface area contributed by atoms with Crippen molar-refractivity contribution in [3.05, 3.63) is 0 Å². The molecule has 3 nitrogen and oxygen atoms in total. The number of ether oxygens (including phenoxy) is 1. The Bertz CT molecular complexity index is 204. The molecule has 0 aromatic carbocycles. The molecule has 0 radical (unpaired) electrons. The van der Waals surface area contributed by atoms with Crippen molar-refractivity contribution in [3.8, 4) is 0 Å². The van der Waals surface area contributed by atoms with E-state index in [-0.39, 0.29) is 16.9 Å².